The molecule has 1 spiro atoms. The molecule has 2 aliphatic rings. The Labute approximate surface area is 104 Å². The predicted molar refractivity (Wildman–Crippen MR) is 68.6 cm³/mol. The van der Waals surface area contributed by atoms with Crippen LogP contribution < -0.4 is 0 Å². The maximum absolute atomic E-state index is 11.6. The van der Waals surface area contributed by atoms with Crippen molar-refractivity contribution in [3.8, 4) is 0 Å². The number of hydrogen-bond acceptors (Lipinski definition) is 2. The molecular weight excluding hydrogens is 212 g/mol. The molecule has 96 valence electrons. The Morgan fingerprint density at radius 3 is 2.71 bits per heavy atom. The van der Waals surface area contributed by atoms with E-state index in [0.717, 1.165) is 25.7 Å². The van der Waals surface area contributed by atoms with Gasteiger partial charge in [-0.25, -0.2) is 0 Å². The van der Waals surface area contributed by atoms with Crippen LogP contribution in [0, 0.1) is 17.3 Å². The molecule has 2 rings (SSSR count). The average Bonchev–Trinajstić information content (AvgIpc) is 2.69. The summed E-state index contributed by atoms with van der Waals surface area (Å²) in [5.74, 6) is 0.704. The topological polar surface area (TPSA) is 37.3 Å². The van der Waals surface area contributed by atoms with Gasteiger partial charge in [0.25, 0.3) is 0 Å². The van der Waals surface area contributed by atoms with Gasteiger partial charge in [-0.3, -0.25) is 4.79 Å². The molecule has 0 radical (unpaired) electrons. The van der Waals surface area contributed by atoms with Crippen LogP contribution in [0.5, 0.6) is 0 Å². The van der Waals surface area contributed by atoms with E-state index in [1.807, 2.05) is 6.92 Å². The quantitative estimate of drug-likeness (QED) is 0.710. The standard InChI is InChI=1S/C15H24O2/c1-10-5-6-11(2)15(14(10,4)17)8-7-13(9-15)12(3)16/h6,10,13,17H,5,7-9H2,1-4H3/t10-,13-,14+,15-/m0/s1. The predicted octanol–water partition coefficient (Wildman–Crippen LogP) is 3.10. The zero-order chi connectivity index (χ0) is 12.8. The third-order valence-corrected chi connectivity index (χ3v) is 5.55. The SMILES string of the molecule is CC(=O)[C@H]1CC[C@]2(C1)C(C)=CC[C@H](C)[C@@]2(C)O. The molecule has 0 bridgehead atoms. The van der Waals surface area contributed by atoms with Crippen LogP contribution >= 0.6 is 0 Å². The zero-order valence-electron chi connectivity index (χ0n) is 11.4. The Bertz CT molecular complexity index is 367. The third-order valence-electron chi connectivity index (χ3n) is 5.55. The van der Waals surface area contributed by atoms with Crippen molar-refractivity contribution < 1.29 is 9.90 Å². The normalized spacial score (nSPS) is 46.1. The third kappa shape index (κ3) is 1.69. The number of carbonyl (C=O) groups is 1. The van der Waals surface area contributed by atoms with E-state index in [-0.39, 0.29) is 23.0 Å². The first-order valence-corrected chi connectivity index (χ1v) is 6.71. The summed E-state index contributed by atoms with van der Waals surface area (Å²) in [4.78, 5) is 11.6. The summed E-state index contributed by atoms with van der Waals surface area (Å²) < 4.78 is 0. The number of hydrogen-bond donors (Lipinski definition) is 1. The Hall–Kier alpha value is -0.630. The van der Waals surface area contributed by atoms with Gasteiger partial charge in [-0.2, -0.15) is 0 Å². The summed E-state index contributed by atoms with van der Waals surface area (Å²) >= 11 is 0. The maximum atomic E-state index is 11.6. The van der Waals surface area contributed by atoms with Crippen molar-refractivity contribution in [3.05, 3.63) is 11.6 Å². The summed E-state index contributed by atoms with van der Waals surface area (Å²) in [6, 6.07) is 0. The highest BCUT2D eigenvalue weighted by atomic mass is 16.3. The van der Waals surface area contributed by atoms with Gasteiger partial charge in [-0.15, -0.1) is 0 Å². The Kier molecular flexibility index (Phi) is 2.97. The lowest BCUT2D eigenvalue weighted by atomic mass is 9.58. The second kappa shape index (κ2) is 3.94. The molecule has 1 fully saturated rings. The zero-order valence-corrected chi connectivity index (χ0v) is 11.4. The minimum Gasteiger partial charge on any atom is -0.389 e. The van der Waals surface area contributed by atoms with Gasteiger partial charge < -0.3 is 5.11 Å². The van der Waals surface area contributed by atoms with E-state index in [4.69, 9.17) is 0 Å². The molecule has 17 heavy (non-hydrogen) atoms. The van der Waals surface area contributed by atoms with Crippen molar-refractivity contribution in [2.24, 2.45) is 17.3 Å². The van der Waals surface area contributed by atoms with Gasteiger partial charge in [0.1, 0.15) is 5.78 Å². The molecule has 0 aromatic rings. The van der Waals surface area contributed by atoms with Crippen LogP contribution in [0.1, 0.15) is 53.4 Å². The lowest BCUT2D eigenvalue weighted by Crippen LogP contribution is -2.52. The van der Waals surface area contributed by atoms with Crippen LogP contribution in [-0.4, -0.2) is 16.5 Å². The fourth-order valence-corrected chi connectivity index (χ4v) is 3.86. The van der Waals surface area contributed by atoms with Crippen LogP contribution in [0.4, 0.5) is 0 Å². The van der Waals surface area contributed by atoms with Gasteiger partial charge in [0.2, 0.25) is 0 Å². The lowest BCUT2D eigenvalue weighted by Gasteiger charge is -2.50. The molecule has 1 saturated carbocycles. The van der Waals surface area contributed by atoms with Gasteiger partial charge in [-0.05, 0) is 52.4 Å². The minimum absolute atomic E-state index is 0.148. The largest absolute Gasteiger partial charge is 0.389 e. The number of carbonyl (C=O) groups excluding carboxylic acids is 1. The monoisotopic (exact) mass is 236 g/mol. The second-order valence-electron chi connectivity index (χ2n) is 6.30. The van der Waals surface area contributed by atoms with Gasteiger partial charge >= 0.3 is 0 Å². The smallest absolute Gasteiger partial charge is 0.132 e. The molecule has 0 saturated heterocycles. The van der Waals surface area contributed by atoms with E-state index in [1.165, 1.54) is 5.57 Å². The first-order chi connectivity index (χ1) is 7.81. The van der Waals surface area contributed by atoms with Crippen molar-refractivity contribution in [1.82, 2.24) is 0 Å². The van der Waals surface area contributed by atoms with Crippen LogP contribution in [0.2, 0.25) is 0 Å². The van der Waals surface area contributed by atoms with E-state index >= 15 is 0 Å². The molecule has 0 heterocycles. The Morgan fingerprint density at radius 1 is 1.53 bits per heavy atom. The summed E-state index contributed by atoms with van der Waals surface area (Å²) in [6.45, 7) is 7.90. The fraction of sp³-hybridized carbons (Fsp3) is 0.800. The molecule has 0 amide bonds. The number of aliphatic hydroxyl groups is 1. The molecule has 1 N–H and O–H groups in total. The summed E-state index contributed by atoms with van der Waals surface area (Å²) in [7, 11) is 0. The molecule has 0 aromatic carbocycles. The van der Waals surface area contributed by atoms with Crippen molar-refractivity contribution in [3.63, 3.8) is 0 Å². The van der Waals surface area contributed by atoms with Crippen LogP contribution in [0.15, 0.2) is 11.6 Å². The summed E-state index contributed by atoms with van der Waals surface area (Å²) in [5.41, 5.74) is 0.473. The van der Waals surface area contributed by atoms with Crippen molar-refractivity contribution >= 4 is 5.78 Å². The molecule has 4 atom stereocenters. The van der Waals surface area contributed by atoms with Gasteiger partial charge in [-0.1, -0.05) is 18.6 Å². The van der Waals surface area contributed by atoms with Gasteiger partial charge in [0.15, 0.2) is 0 Å². The van der Waals surface area contributed by atoms with Gasteiger partial charge in [0.05, 0.1) is 5.60 Å². The highest BCUT2D eigenvalue weighted by molar-refractivity contribution is 5.78. The number of rotatable bonds is 1. The van der Waals surface area contributed by atoms with E-state index in [2.05, 4.69) is 19.9 Å². The van der Waals surface area contributed by atoms with Gasteiger partial charge in [0, 0.05) is 11.3 Å². The Balaban J connectivity index is 2.38. The van der Waals surface area contributed by atoms with Crippen molar-refractivity contribution in [1.29, 1.82) is 0 Å². The first-order valence-electron chi connectivity index (χ1n) is 6.71. The fourth-order valence-electron chi connectivity index (χ4n) is 3.86. The second-order valence-corrected chi connectivity index (χ2v) is 6.30. The maximum Gasteiger partial charge on any atom is 0.132 e. The minimum atomic E-state index is -0.671. The number of ketones is 1. The molecule has 2 nitrogen and oxygen atoms in total. The molecule has 2 aliphatic carbocycles. The Morgan fingerprint density at radius 2 is 2.18 bits per heavy atom. The average molecular weight is 236 g/mol. The van der Waals surface area contributed by atoms with E-state index in [1.54, 1.807) is 6.92 Å². The van der Waals surface area contributed by atoms with Crippen LogP contribution in [0.25, 0.3) is 0 Å². The van der Waals surface area contributed by atoms with Crippen LogP contribution in [0.3, 0.4) is 0 Å². The molecule has 0 aliphatic heterocycles. The van der Waals surface area contributed by atoms with Crippen molar-refractivity contribution in [2.45, 2.75) is 59.0 Å². The first kappa shape index (κ1) is 12.8. The van der Waals surface area contributed by atoms with E-state index in [0.29, 0.717) is 0 Å². The molecule has 0 unspecified atom stereocenters. The summed E-state index contributed by atoms with van der Waals surface area (Å²) in [5, 5.41) is 10.9. The number of allylic oxidation sites excluding steroid dienone is 1. The molecule has 0 aromatic heterocycles. The highest BCUT2D eigenvalue weighted by Crippen LogP contribution is 2.58. The molecule has 2 heteroatoms. The van der Waals surface area contributed by atoms with E-state index < -0.39 is 5.60 Å². The summed E-state index contributed by atoms with van der Waals surface area (Å²) in [6.07, 6.45) is 5.94. The highest BCUT2D eigenvalue weighted by Gasteiger charge is 2.56. The van der Waals surface area contributed by atoms with E-state index in [9.17, 15) is 9.90 Å². The van der Waals surface area contributed by atoms with Crippen LogP contribution in [-0.2, 0) is 4.79 Å². The lowest BCUT2D eigenvalue weighted by molar-refractivity contribution is -0.122. The number of Topliss-reactive ketones (excluding diaryl/α,β-unsaturated/α-hetero) is 1. The molecular formula is C15H24O2. The van der Waals surface area contributed by atoms with Crippen molar-refractivity contribution in [2.75, 3.05) is 0 Å².